The minimum Gasteiger partial charge on any atom is -0.490 e. The summed E-state index contributed by atoms with van der Waals surface area (Å²) in [6.45, 7) is 7.52. The molecule has 1 amide bonds. The molecule has 0 spiro atoms. The van der Waals surface area contributed by atoms with Gasteiger partial charge in [-0.1, -0.05) is 31.2 Å². The predicted molar refractivity (Wildman–Crippen MR) is 194 cm³/mol. The number of carbonyl (C=O) groups excluding carboxylic acids is 2. The summed E-state index contributed by atoms with van der Waals surface area (Å²) in [6, 6.07) is 10.1. The Balaban J connectivity index is 1.16. The minimum absolute atomic E-state index is 0.0708. The van der Waals surface area contributed by atoms with Gasteiger partial charge in [0.15, 0.2) is 11.5 Å². The number of benzene rings is 3. The molecule has 1 atom stereocenters. The first-order valence-electron chi connectivity index (χ1n) is 17.5. The van der Waals surface area contributed by atoms with Crippen LogP contribution in [-0.2, 0) is 23.1 Å². The highest BCUT2D eigenvalue weighted by Gasteiger charge is 2.28. The molecule has 3 heterocycles. The van der Waals surface area contributed by atoms with Crippen LogP contribution in [0.1, 0.15) is 59.9 Å². The number of hydrogen-bond acceptors (Lipinski definition) is 6. The van der Waals surface area contributed by atoms with Crippen molar-refractivity contribution in [2.24, 2.45) is 13.0 Å². The Morgan fingerprint density at radius 2 is 1.84 bits per heavy atom. The second-order valence-corrected chi connectivity index (χ2v) is 13.9. The summed E-state index contributed by atoms with van der Waals surface area (Å²) < 4.78 is 46.8. The van der Waals surface area contributed by atoms with Gasteiger partial charge < -0.3 is 29.2 Å². The second kappa shape index (κ2) is 14.0. The van der Waals surface area contributed by atoms with Gasteiger partial charge in [-0.25, -0.2) is 13.8 Å². The first kappa shape index (κ1) is 34.6. The second-order valence-electron chi connectivity index (χ2n) is 13.9. The molecular weight excluding hydrogens is 652 g/mol. The van der Waals surface area contributed by atoms with Crippen LogP contribution >= 0.6 is 0 Å². The third-order valence-corrected chi connectivity index (χ3v) is 10.3. The lowest BCUT2D eigenvalue weighted by atomic mass is 9.93. The number of nitrogens with zero attached hydrogens (tertiary/aromatic N) is 3. The van der Waals surface area contributed by atoms with Gasteiger partial charge in [0.2, 0.25) is 5.91 Å². The van der Waals surface area contributed by atoms with E-state index in [1.54, 1.807) is 19.4 Å². The molecular formula is C40H43F2N5O4. The molecule has 11 heteroatoms. The SMILES string of the molecule is COC1CCC(NC/C=C/C(=O)Nc2c(F)cc(C(=O)c3cn4c5c(cccc35)-c3c(C)cc5c(nc(C)n5C)c3OC[C@@H](C)C4)cc2F)CC1. The van der Waals surface area contributed by atoms with Crippen molar-refractivity contribution in [1.29, 1.82) is 0 Å². The number of rotatable bonds is 8. The zero-order chi connectivity index (χ0) is 36.0. The van der Waals surface area contributed by atoms with Crippen molar-refractivity contribution in [1.82, 2.24) is 19.4 Å². The van der Waals surface area contributed by atoms with Gasteiger partial charge in [0.1, 0.15) is 28.7 Å². The Labute approximate surface area is 295 Å². The van der Waals surface area contributed by atoms with Gasteiger partial charge in [-0.15, -0.1) is 0 Å². The minimum atomic E-state index is -1.03. The van der Waals surface area contributed by atoms with Gasteiger partial charge in [-0.05, 0) is 63.3 Å². The summed E-state index contributed by atoms with van der Waals surface area (Å²) in [6.07, 6.45) is 8.87. The monoisotopic (exact) mass is 695 g/mol. The number of anilines is 1. The zero-order valence-electron chi connectivity index (χ0n) is 29.6. The molecule has 0 saturated heterocycles. The predicted octanol–water partition coefficient (Wildman–Crippen LogP) is 7.39. The highest BCUT2D eigenvalue weighted by Crippen LogP contribution is 2.44. The highest BCUT2D eigenvalue weighted by atomic mass is 19.1. The number of nitrogens with one attached hydrogen (secondary N) is 2. The zero-order valence-corrected chi connectivity index (χ0v) is 29.6. The van der Waals surface area contributed by atoms with Crippen molar-refractivity contribution in [3.05, 3.63) is 88.9 Å². The van der Waals surface area contributed by atoms with Crippen molar-refractivity contribution in [2.45, 2.75) is 65.1 Å². The molecule has 0 radical (unpaired) electrons. The first-order valence-corrected chi connectivity index (χ1v) is 17.5. The molecule has 1 saturated carbocycles. The van der Waals surface area contributed by atoms with Gasteiger partial charge in [-0.2, -0.15) is 0 Å². The molecule has 0 bridgehead atoms. The van der Waals surface area contributed by atoms with Crippen LogP contribution in [0.4, 0.5) is 14.5 Å². The van der Waals surface area contributed by atoms with Crippen molar-refractivity contribution in [3.63, 3.8) is 0 Å². The van der Waals surface area contributed by atoms with Crippen LogP contribution in [0.15, 0.2) is 54.7 Å². The average molecular weight is 696 g/mol. The smallest absolute Gasteiger partial charge is 0.248 e. The number of halogens is 2. The van der Waals surface area contributed by atoms with E-state index in [0.717, 1.165) is 76.9 Å². The van der Waals surface area contributed by atoms with Crippen molar-refractivity contribution < 1.29 is 27.8 Å². The number of para-hydroxylation sites is 1. The lowest BCUT2D eigenvalue weighted by Crippen LogP contribution is -2.35. The summed E-state index contributed by atoms with van der Waals surface area (Å²) in [4.78, 5) is 31.5. The maximum atomic E-state index is 15.4. The van der Waals surface area contributed by atoms with E-state index in [4.69, 9.17) is 14.5 Å². The van der Waals surface area contributed by atoms with Crippen LogP contribution in [0, 0.1) is 31.4 Å². The molecule has 7 rings (SSSR count). The molecule has 51 heavy (non-hydrogen) atoms. The van der Waals surface area contributed by atoms with Crippen molar-refractivity contribution >= 4 is 39.3 Å². The van der Waals surface area contributed by atoms with Gasteiger partial charge in [-0.3, -0.25) is 9.59 Å². The number of methoxy groups -OCH3 is 1. The van der Waals surface area contributed by atoms with E-state index in [-0.39, 0.29) is 11.5 Å². The maximum absolute atomic E-state index is 15.4. The van der Waals surface area contributed by atoms with E-state index >= 15 is 8.78 Å². The fourth-order valence-electron chi connectivity index (χ4n) is 7.56. The van der Waals surface area contributed by atoms with E-state index < -0.39 is 29.0 Å². The summed E-state index contributed by atoms with van der Waals surface area (Å²) in [7, 11) is 3.71. The van der Waals surface area contributed by atoms with Crippen molar-refractivity contribution in [2.75, 3.05) is 25.6 Å². The van der Waals surface area contributed by atoms with E-state index in [1.165, 1.54) is 6.08 Å². The summed E-state index contributed by atoms with van der Waals surface area (Å²) in [5.41, 5.74) is 4.95. The number of imidazole rings is 1. The highest BCUT2D eigenvalue weighted by molar-refractivity contribution is 6.18. The van der Waals surface area contributed by atoms with Crippen LogP contribution in [-0.4, -0.2) is 58.2 Å². The molecule has 266 valence electrons. The van der Waals surface area contributed by atoms with E-state index in [9.17, 15) is 9.59 Å². The largest absolute Gasteiger partial charge is 0.490 e. The summed E-state index contributed by atoms with van der Waals surface area (Å²) >= 11 is 0. The third-order valence-electron chi connectivity index (χ3n) is 10.3. The van der Waals surface area contributed by atoms with E-state index in [2.05, 4.69) is 23.6 Å². The Morgan fingerprint density at radius 3 is 2.57 bits per heavy atom. The van der Waals surface area contributed by atoms with Crippen LogP contribution < -0.4 is 15.4 Å². The van der Waals surface area contributed by atoms with Crippen LogP contribution in [0.3, 0.4) is 0 Å². The molecule has 1 fully saturated rings. The topological polar surface area (TPSA) is 99.4 Å². The first-order chi connectivity index (χ1) is 24.5. The molecule has 2 aromatic heterocycles. The number of ketones is 1. The lowest BCUT2D eigenvalue weighted by molar-refractivity contribution is -0.112. The fraction of sp³-hybridized carbons (Fsp3) is 0.375. The lowest BCUT2D eigenvalue weighted by Gasteiger charge is -2.27. The normalized spacial score (nSPS) is 19.1. The summed E-state index contributed by atoms with van der Waals surface area (Å²) in [5, 5.41) is 6.34. The van der Waals surface area contributed by atoms with Crippen LogP contribution in [0.2, 0.25) is 0 Å². The van der Waals surface area contributed by atoms with Gasteiger partial charge in [0.25, 0.3) is 0 Å². The number of aryl methyl sites for hydroxylation is 3. The number of ether oxygens (including phenoxy) is 2. The number of aromatic nitrogens is 3. The van der Waals surface area contributed by atoms with E-state index in [0.29, 0.717) is 48.5 Å². The number of fused-ring (bicyclic) bond motifs is 4. The molecule has 1 aliphatic heterocycles. The molecule has 2 N–H and O–H groups in total. The molecule has 3 aromatic carbocycles. The number of carbonyl (C=O) groups is 2. The van der Waals surface area contributed by atoms with Gasteiger partial charge >= 0.3 is 0 Å². The fourth-order valence-corrected chi connectivity index (χ4v) is 7.56. The Morgan fingerprint density at radius 1 is 1.10 bits per heavy atom. The van der Waals surface area contributed by atoms with E-state index in [1.807, 2.05) is 48.2 Å². The molecule has 9 nitrogen and oxygen atoms in total. The molecule has 0 unspecified atom stereocenters. The van der Waals surface area contributed by atoms with Crippen molar-refractivity contribution in [3.8, 4) is 16.9 Å². The average Bonchev–Trinajstić information content (AvgIpc) is 3.63. The van der Waals surface area contributed by atoms with Crippen LogP contribution in [0.25, 0.3) is 33.1 Å². The molecule has 1 aliphatic carbocycles. The number of hydrogen-bond donors (Lipinski definition) is 2. The number of amides is 1. The quantitative estimate of drug-likeness (QED) is 0.130. The Kier molecular flexibility index (Phi) is 9.52. The molecule has 5 aromatic rings. The standard InChI is InChI=1S/C40H43F2N5O4/c1-22-19-47-20-30(28-8-6-9-29(38(28)47)35-23(2)16-33-37(40(35)51-21-22)44-24(3)46(33)4)39(49)25-17-31(41)36(32(42)18-25)45-34(48)10-7-15-43-26-11-13-27(50-5)14-12-26/h6-10,16-18,20,22,26-27,43H,11-15,19,21H2,1-5H3,(H,45,48)/b10-7+/t22-,26?,27?/m0/s1. The van der Waals surface area contributed by atoms with Gasteiger partial charge in [0.05, 0.1) is 23.7 Å². The molecule has 2 aliphatic rings. The Hall–Kier alpha value is -4.87. The van der Waals surface area contributed by atoms with Gasteiger partial charge in [0, 0.05) is 79.1 Å². The summed E-state index contributed by atoms with van der Waals surface area (Å²) in [5.74, 6) is -1.61. The third kappa shape index (κ3) is 6.56. The maximum Gasteiger partial charge on any atom is 0.248 e. The Bertz CT molecular complexity index is 2170. The van der Waals surface area contributed by atoms with Crippen LogP contribution in [0.5, 0.6) is 5.75 Å².